The smallest absolute Gasteiger partial charge is 0.244 e. The Morgan fingerprint density at radius 2 is 1.56 bits per heavy atom. The number of nitrogens with zero attached hydrogens (tertiary/aromatic N) is 2. The highest BCUT2D eigenvalue weighted by Crippen LogP contribution is 2.13. The first-order valence-electron chi connectivity index (χ1n) is 8.18. The van der Waals surface area contributed by atoms with Crippen LogP contribution in [0.5, 0.6) is 0 Å². The number of carbonyl (C=O) groups is 1. The molecule has 0 aliphatic carbocycles. The van der Waals surface area contributed by atoms with E-state index in [1.54, 1.807) is 24.5 Å². The third-order valence-electron chi connectivity index (χ3n) is 3.68. The topological polar surface area (TPSA) is 54.9 Å². The number of benzene rings is 2. The number of amides is 1. The molecule has 25 heavy (non-hydrogen) atoms. The lowest BCUT2D eigenvalue weighted by molar-refractivity contribution is -0.116. The van der Waals surface area contributed by atoms with Gasteiger partial charge in [0.2, 0.25) is 5.91 Å². The van der Waals surface area contributed by atoms with Gasteiger partial charge in [-0.3, -0.25) is 4.79 Å². The number of carbonyl (C=O) groups excluding carboxylic acids is 1. The fourth-order valence-electron chi connectivity index (χ4n) is 2.35. The maximum absolute atomic E-state index is 11.8. The van der Waals surface area contributed by atoms with Crippen molar-refractivity contribution in [2.24, 2.45) is 0 Å². The second-order valence-corrected chi connectivity index (χ2v) is 5.57. The third-order valence-corrected chi connectivity index (χ3v) is 3.68. The van der Waals surface area contributed by atoms with Crippen molar-refractivity contribution in [3.63, 3.8) is 0 Å². The molecule has 1 amide bonds. The fraction of sp³-hybridized carbons (Fsp3) is 0.0952. The van der Waals surface area contributed by atoms with Gasteiger partial charge in [0, 0.05) is 30.6 Å². The van der Waals surface area contributed by atoms with Gasteiger partial charge in [-0.2, -0.15) is 0 Å². The monoisotopic (exact) mass is 329 g/mol. The Kier molecular flexibility index (Phi) is 5.67. The van der Waals surface area contributed by atoms with E-state index in [1.807, 2.05) is 60.7 Å². The van der Waals surface area contributed by atoms with Gasteiger partial charge in [-0.05, 0) is 23.6 Å². The number of rotatable bonds is 6. The summed E-state index contributed by atoms with van der Waals surface area (Å²) >= 11 is 0. The fourth-order valence-corrected chi connectivity index (χ4v) is 2.35. The number of nitrogens with one attached hydrogen (secondary N) is 1. The van der Waals surface area contributed by atoms with Gasteiger partial charge >= 0.3 is 0 Å². The molecule has 0 atom stereocenters. The van der Waals surface area contributed by atoms with Crippen molar-refractivity contribution in [3.05, 3.63) is 90.3 Å². The first-order valence-corrected chi connectivity index (χ1v) is 8.18. The average molecular weight is 329 g/mol. The Morgan fingerprint density at radius 3 is 2.24 bits per heavy atom. The molecule has 3 aromatic rings. The molecule has 0 unspecified atom stereocenters. The quantitative estimate of drug-likeness (QED) is 0.704. The summed E-state index contributed by atoms with van der Waals surface area (Å²) in [5, 5.41) is 2.87. The first kappa shape index (κ1) is 16.6. The zero-order valence-corrected chi connectivity index (χ0v) is 13.8. The van der Waals surface area contributed by atoms with Gasteiger partial charge in [0.05, 0.1) is 0 Å². The predicted molar refractivity (Wildman–Crippen MR) is 99.7 cm³/mol. The zero-order valence-electron chi connectivity index (χ0n) is 13.8. The minimum Gasteiger partial charge on any atom is -0.352 e. The molecular weight excluding hydrogens is 310 g/mol. The van der Waals surface area contributed by atoms with Crippen LogP contribution in [0.3, 0.4) is 0 Å². The second-order valence-electron chi connectivity index (χ2n) is 5.57. The van der Waals surface area contributed by atoms with E-state index in [-0.39, 0.29) is 5.91 Å². The zero-order chi connectivity index (χ0) is 17.3. The Hall–Kier alpha value is -3.27. The molecule has 4 heteroatoms. The van der Waals surface area contributed by atoms with E-state index >= 15 is 0 Å². The number of aromatic nitrogens is 2. The van der Waals surface area contributed by atoms with Crippen molar-refractivity contribution in [3.8, 4) is 11.4 Å². The second kappa shape index (κ2) is 8.55. The van der Waals surface area contributed by atoms with E-state index in [0.29, 0.717) is 18.8 Å². The Balaban J connectivity index is 1.47. The minimum atomic E-state index is -0.106. The van der Waals surface area contributed by atoms with Crippen molar-refractivity contribution in [1.82, 2.24) is 15.3 Å². The van der Waals surface area contributed by atoms with Crippen LogP contribution in [0.15, 0.2) is 79.1 Å². The van der Waals surface area contributed by atoms with Crippen LogP contribution >= 0.6 is 0 Å². The standard InChI is InChI=1S/C21H19N3O/c25-20(12-11-17-7-3-1-4-8-17)22-14-13-18-15-23-21(24-16-18)19-9-5-2-6-10-19/h1-12,15-16H,13-14H2,(H,22,25). The molecule has 0 bridgehead atoms. The molecule has 124 valence electrons. The summed E-state index contributed by atoms with van der Waals surface area (Å²) in [5.74, 6) is 0.602. The van der Waals surface area contributed by atoms with Crippen molar-refractivity contribution in [2.75, 3.05) is 6.54 Å². The van der Waals surface area contributed by atoms with Gasteiger partial charge in [-0.1, -0.05) is 60.7 Å². The van der Waals surface area contributed by atoms with E-state index in [4.69, 9.17) is 0 Å². The van der Waals surface area contributed by atoms with Crippen molar-refractivity contribution in [1.29, 1.82) is 0 Å². The Morgan fingerprint density at radius 1 is 0.920 bits per heavy atom. The van der Waals surface area contributed by atoms with Gasteiger partial charge < -0.3 is 5.32 Å². The van der Waals surface area contributed by atoms with E-state index < -0.39 is 0 Å². The van der Waals surface area contributed by atoms with E-state index in [9.17, 15) is 4.79 Å². The summed E-state index contributed by atoms with van der Waals surface area (Å²) in [6, 6.07) is 19.6. The maximum atomic E-state index is 11.8. The van der Waals surface area contributed by atoms with E-state index in [2.05, 4.69) is 15.3 Å². The molecule has 0 saturated carbocycles. The Labute approximate surface area is 147 Å². The van der Waals surface area contributed by atoms with Gasteiger partial charge in [0.15, 0.2) is 5.82 Å². The van der Waals surface area contributed by atoms with E-state index in [0.717, 1.165) is 16.7 Å². The maximum Gasteiger partial charge on any atom is 0.244 e. The number of hydrogen-bond acceptors (Lipinski definition) is 3. The number of hydrogen-bond donors (Lipinski definition) is 1. The summed E-state index contributed by atoms with van der Waals surface area (Å²) in [6.45, 7) is 0.548. The van der Waals surface area contributed by atoms with Gasteiger partial charge in [-0.25, -0.2) is 9.97 Å². The SMILES string of the molecule is O=C(C=Cc1ccccc1)NCCc1cnc(-c2ccccc2)nc1. The molecule has 0 spiro atoms. The highest BCUT2D eigenvalue weighted by atomic mass is 16.1. The van der Waals surface area contributed by atoms with Crippen LogP contribution in [0.4, 0.5) is 0 Å². The summed E-state index contributed by atoms with van der Waals surface area (Å²) in [5.41, 5.74) is 2.99. The van der Waals surface area contributed by atoms with Crippen LogP contribution in [-0.4, -0.2) is 22.4 Å². The van der Waals surface area contributed by atoms with Crippen LogP contribution in [0.2, 0.25) is 0 Å². The predicted octanol–water partition coefficient (Wildman–Crippen LogP) is 3.52. The molecule has 2 aromatic carbocycles. The van der Waals surface area contributed by atoms with Crippen molar-refractivity contribution >= 4 is 12.0 Å². The lowest BCUT2D eigenvalue weighted by Gasteiger charge is -2.04. The minimum absolute atomic E-state index is 0.106. The van der Waals surface area contributed by atoms with Crippen LogP contribution in [0, 0.1) is 0 Å². The summed E-state index contributed by atoms with van der Waals surface area (Å²) in [7, 11) is 0. The lowest BCUT2D eigenvalue weighted by atomic mass is 10.2. The molecule has 3 rings (SSSR count). The Bertz CT molecular complexity index is 828. The summed E-state index contributed by atoms with van der Waals surface area (Å²) in [6.07, 6.45) is 7.65. The van der Waals surface area contributed by atoms with Crippen LogP contribution in [0.25, 0.3) is 17.5 Å². The van der Waals surface area contributed by atoms with Gasteiger partial charge in [0.1, 0.15) is 0 Å². The van der Waals surface area contributed by atoms with Crippen molar-refractivity contribution in [2.45, 2.75) is 6.42 Å². The summed E-state index contributed by atoms with van der Waals surface area (Å²) in [4.78, 5) is 20.6. The van der Waals surface area contributed by atoms with Crippen molar-refractivity contribution < 1.29 is 4.79 Å². The normalized spacial score (nSPS) is 10.7. The molecular formula is C21H19N3O. The van der Waals surface area contributed by atoms with Gasteiger partial charge in [0.25, 0.3) is 0 Å². The van der Waals surface area contributed by atoms with Crippen LogP contribution in [-0.2, 0) is 11.2 Å². The molecule has 0 aliphatic rings. The highest BCUT2D eigenvalue weighted by Gasteiger charge is 2.01. The molecule has 0 radical (unpaired) electrons. The molecule has 0 saturated heterocycles. The van der Waals surface area contributed by atoms with Crippen LogP contribution < -0.4 is 5.32 Å². The first-order chi connectivity index (χ1) is 12.3. The molecule has 4 nitrogen and oxygen atoms in total. The lowest BCUT2D eigenvalue weighted by Crippen LogP contribution is -2.23. The average Bonchev–Trinajstić information content (AvgIpc) is 2.68. The van der Waals surface area contributed by atoms with Gasteiger partial charge in [-0.15, -0.1) is 0 Å². The molecule has 1 aromatic heterocycles. The molecule has 0 aliphatic heterocycles. The summed E-state index contributed by atoms with van der Waals surface area (Å²) < 4.78 is 0. The van der Waals surface area contributed by atoms with E-state index in [1.165, 1.54) is 0 Å². The van der Waals surface area contributed by atoms with Crippen LogP contribution in [0.1, 0.15) is 11.1 Å². The molecule has 1 N–H and O–H groups in total. The largest absolute Gasteiger partial charge is 0.352 e. The molecule has 1 heterocycles. The third kappa shape index (κ3) is 5.11. The molecule has 0 fully saturated rings. The highest BCUT2D eigenvalue weighted by molar-refractivity contribution is 5.91.